The van der Waals surface area contributed by atoms with Crippen LogP contribution in [0.15, 0.2) is 42.7 Å². The van der Waals surface area contributed by atoms with E-state index in [-0.39, 0.29) is 0 Å². The van der Waals surface area contributed by atoms with E-state index in [1.165, 1.54) is 5.39 Å². The van der Waals surface area contributed by atoms with E-state index in [0.29, 0.717) is 12.4 Å². The van der Waals surface area contributed by atoms with Crippen molar-refractivity contribution in [1.82, 2.24) is 14.8 Å². The summed E-state index contributed by atoms with van der Waals surface area (Å²) in [5.74, 6) is 0.681. The number of rotatable bonds is 2. The molecule has 3 rings (SSSR count). The normalized spacial score (nSPS) is 10.9. The van der Waals surface area contributed by atoms with Crippen LogP contribution in [0.25, 0.3) is 10.8 Å². The fourth-order valence-electron chi connectivity index (χ4n) is 2.16. The molecule has 0 spiro atoms. The molecule has 3 aromatic rings. The Morgan fingerprint density at radius 1 is 1.22 bits per heavy atom. The van der Waals surface area contributed by atoms with Crippen LogP contribution >= 0.6 is 0 Å². The molecule has 90 valence electrons. The minimum atomic E-state index is 0.647. The molecular weight excluding hydrogens is 224 g/mol. The lowest BCUT2D eigenvalue weighted by Gasteiger charge is -2.07. The summed E-state index contributed by atoms with van der Waals surface area (Å²) in [4.78, 5) is 4.26. The lowest BCUT2D eigenvalue weighted by Crippen LogP contribution is -2.06. The van der Waals surface area contributed by atoms with Gasteiger partial charge in [0.05, 0.1) is 12.2 Å². The van der Waals surface area contributed by atoms with E-state index >= 15 is 0 Å². The zero-order valence-electron chi connectivity index (χ0n) is 10.2. The van der Waals surface area contributed by atoms with Gasteiger partial charge in [-0.1, -0.05) is 24.3 Å². The molecule has 0 aliphatic rings. The van der Waals surface area contributed by atoms with Gasteiger partial charge in [-0.05, 0) is 17.9 Å². The van der Waals surface area contributed by atoms with E-state index in [2.05, 4.69) is 22.2 Å². The van der Waals surface area contributed by atoms with Crippen molar-refractivity contribution >= 4 is 16.6 Å². The molecule has 2 N–H and O–H groups in total. The number of nitrogen functional groups attached to an aromatic ring is 1. The van der Waals surface area contributed by atoms with E-state index in [0.717, 1.165) is 16.6 Å². The van der Waals surface area contributed by atoms with Gasteiger partial charge in [-0.15, -0.1) is 0 Å². The Hall–Kier alpha value is -2.36. The largest absolute Gasteiger partial charge is 0.384 e. The number of benzene rings is 1. The van der Waals surface area contributed by atoms with Gasteiger partial charge in [-0.25, -0.2) is 4.68 Å². The van der Waals surface area contributed by atoms with E-state index in [9.17, 15) is 0 Å². The van der Waals surface area contributed by atoms with Crippen molar-refractivity contribution in [2.75, 3.05) is 5.73 Å². The highest BCUT2D eigenvalue weighted by Crippen LogP contribution is 2.19. The highest BCUT2D eigenvalue weighted by atomic mass is 15.3. The summed E-state index contributed by atoms with van der Waals surface area (Å²) in [7, 11) is 0. The van der Waals surface area contributed by atoms with E-state index < -0.39 is 0 Å². The van der Waals surface area contributed by atoms with Crippen LogP contribution in [0.1, 0.15) is 11.3 Å². The Labute approximate surface area is 105 Å². The third-order valence-electron chi connectivity index (χ3n) is 3.00. The Kier molecular flexibility index (Phi) is 2.48. The Morgan fingerprint density at radius 3 is 2.83 bits per heavy atom. The van der Waals surface area contributed by atoms with Gasteiger partial charge < -0.3 is 5.73 Å². The number of aryl methyl sites for hydroxylation is 1. The average molecular weight is 238 g/mol. The average Bonchev–Trinajstić information content (AvgIpc) is 2.68. The van der Waals surface area contributed by atoms with Crippen molar-refractivity contribution in [2.24, 2.45) is 0 Å². The molecule has 2 heterocycles. The number of aromatic nitrogens is 3. The maximum Gasteiger partial charge on any atom is 0.122 e. The first kappa shape index (κ1) is 10.8. The van der Waals surface area contributed by atoms with Crippen LogP contribution in [0.5, 0.6) is 0 Å². The SMILES string of the molecule is Cc1cc(N)n(Cc2cncc3ccccc23)n1. The number of pyridine rings is 1. The molecule has 0 saturated heterocycles. The summed E-state index contributed by atoms with van der Waals surface area (Å²) in [5, 5.41) is 6.71. The van der Waals surface area contributed by atoms with Gasteiger partial charge in [0.1, 0.15) is 5.82 Å². The number of hydrogen-bond donors (Lipinski definition) is 1. The van der Waals surface area contributed by atoms with Gasteiger partial charge in [-0.2, -0.15) is 5.10 Å². The number of nitrogens with two attached hydrogens (primary N) is 1. The van der Waals surface area contributed by atoms with E-state index in [1.54, 1.807) is 4.68 Å². The third kappa shape index (κ3) is 1.82. The van der Waals surface area contributed by atoms with Crippen LogP contribution in [0.3, 0.4) is 0 Å². The smallest absolute Gasteiger partial charge is 0.122 e. The van der Waals surface area contributed by atoms with Crippen LogP contribution in [-0.4, -0.2) is 14.8 Å². The molecule has 0 saturated carbocycles. The molecule has 0 aliphatic carbocycles. The first-order valence-electron chi connectivity index (χ1n) is 5.85. The standard InChI is InChI=1S/C14H14N4/c1-10-6-14(15)18(17-10)9-12-8-16-7-11-4-2-3-5-13(11)12/h2-8H,9,15H2,1H3. The Balaban J connectivity index is 2.07. The maximum absolute atomic E-state index is 5.91. The third-order valence-corrected chi connectivity index (χ3v) is 3.00. The van der Waals surface area contributed by atoms with Gasteiger partial charge in [0, 0.05) is 23.8 Å². The second-order valence-corrected chi connectivity index (χ2v) is 4.39. The van der Waals surface area contributed by atoms with Gasteiger partial charge in [0.15, 0.2) is 0 Å². The molecular formula is C14H14N4. The molecule has 0 fully saturated rings. The van der Waals surface area contributed by atoms with Gasteiger partial charge >= 0.3 is 0 Å². The predicted octanol–water partition coefficient (Wildman–Crippen LogP) is 2.37. The van der Waals surface area contributed by atoms with Crippen molar-refractivity contribution in [3.8, 4) is 0 Å². The number of fused-ring (bicyclic) bond motifs is 1. The quantitative estimate of drug-likeness (QED) is 0.745. The first-order chi connectivity index (χ1) is 8.74. The molecule has 4 heteroatoms. The Bertz CT molecular complexity index is 695. The number of hydrogen-bond acceptors (Lipinski definition) is 3. The first-order valence-corrected chi connectivity index (χ1v) is 5.85. The summed E-state index contributed by atoms with van der Waals surface area (Å²) in [6, 6.07) is 10.1. The van der Waals surface area contributed by atoms with Crippen molar-refractivity contribution in [2.45, 2.75) is 13.5 Å². The van der Waals surface area contributed by atoms with Crippen LogP contribution < -0.4 is 5.73 Å². The van der Waals surface area contributed by atoms with Crippen molar-refractivity contribution in [3.05, 3.63) is 54.0 Å². The van der Waals surface area contributed by atoms with E-state index in [4.69, 9.17) is 5.73 Å². The molecule has 0 atom stereocenters. The summed E-state index contributed by atoms with van der Waals surface area (Å²) in [6.45, 7) is 2.59. The van der Waals surface area contributed by atoms with Crippen molar-refractivity contribution < 1.29 is 0 Å². The fourth-order valence-corrected chi connectivity index (χ4v) is 2.16. The highest BCUT2D eigenvalue weighted by molar-refractivity contribution is 5.84. The molecule has 0 amide bonds. The van der Waals surface area contributed by atoms with Crippen LogP contribution in [0.2, 0.25) is 0 Å². The summed E-state index contributed by atoms with van der Waals surface area (Å²) < 4.78 is 1.80. The molecule has 18 heavy (non-hydrogen) atoms. The van der Waals surface area contributed by atoms with Gasteiger partial charge in [0.25, 0.3) is 0 Å². The lowest BCUT2D eigenvalue weighted by atomic mass is 10.1. The minimum Gasteiger partial charge on any atom is -0.384 e. The molecule has 4 nitrogen and oxygen atoms in total. The van der Waals surface area contributed by atoms with Crippen molar-refractivity contribution in [3.63, 3.8) is 0 Å². The molecule has 0 bridgehead atoms. The molecule has 2 aromatic heterocycles. The molecule has 0 radical (unpaired) electrons. The lowest BCUT2D eigenvalue weighted by molar-refractivity contribution is 0.691. The topological polar surface area (TPSA) is 56.7 Å². The molecule has 1 aromatic carbocycles. The second-order valence-electron chi connectivity index (χ2n) is 4.39. The number of nitrogens with zero attached hydrogens (tertiary/aromatic N) is 3. The molecule has 0 aliphatic heterocycles. The zero-order chi connectivity index (χ0) is 12.5. The van der Waals surface area contributed by atoms with Crippen LogP contribution in [0.4, 0.5) is 5.82 Å². The summed E-state index contributed by atoms with van der Waals surface area (Å²) >= 11 is 0. The van der Waals surface area contributed by atoms with E-state index in [1.807, 2.05) is 37.5 Å². The van der Waals surface area contributed by atoms with Gasteiger partial charge in [-0.3, -0.25) is 4.98 Å². The minimum absolute atomic E-state index is 0.647. The zero-order valence-corrected chi connectivity index (χ0v) is 10.2. The summed E-state index contributed by atoms with van der Waals surface area (Å²) in [6.07, 6.45) is 3.75. The van der Waals surface area contributed by atoms with Crippen LogP contribution in [0, 0.1) is 6.92 Å². The predicted molar refractivity (Wildman–Crippen MR) is 72.2 cm³/mol. The molecule has 0 unspecified atom stereocenters. The number of anilines is 1. The fraction of sp³-hybridized carbons (Fsp3) is 0.143. The van der Waals surface area contributed by atoms with Crippen molar-refractivity contribution in [1.29, 1.82) is 0 Å². The highest BCUT2D eigenvalue weighted by Gasteiger charge is 2.06. The van der Waals surface area contributed by atoms with Gasteiger partial charge in [0.2, 0.25) is 0 Å². The second kappa shape index (κ2) is 4.14. The summed E-state index contributed by atoms with van der Waals surface area (Å²) in [5.41, 5.74) is 7.97. The van der Waals surface area contributed by atoms with Crippen LogP contribution in [-0.2, 0) is 6.54 Å². The monoisotopic (exact) mass is 238 g/mol. The maximum atomic E-state index is 5.91. The Morgan fingerprint density at radius 2 is 2.06 bits per heavy atom.